The first-order valence-corrected chi connectivity index (χ1v) is 7.26. The molecular formula is C17H20ClNO2. The number of nitrogens with one attached hydrogen (secondary N) is 1. The second-order valence-electron chi connectivity index (χ2n) is 5.22. The molecule has 2 aromatic carbocycles. The van der Waals surface area contributed by atoms with Gasteiger partial charge < -0.3 is 15.2 Å². The van der Waals surface area contributed by atoms with E-state index in [1.807, 2.05) is 31.2 Å². The second-order valence-corrected chi connectivity index (χ2v) is 5.62. The van der Waals surface area contributed by atoms with Gasteiger partial charge in [-0.1, -0.05) is 23.7 Å². The highest BCUT2D eigenvalue weighted by atomic mass is 35.5. The van der Waals surface area contributed by atoms with Gasteiger partial charge in [0, 0.05) is 17.1 Å². The number of aromatic hydroxyl groups is 1. The molecular weight excluding hydrogens is 286 g/mol. The summed E-state index contributed by atoms with van der Waals surface area (Å²) in [5, 5.41) is 13.5. The number of methoxy groups -OCH3 is 1. The quantitative estimate of drug-likeness (QED) is 0.860. The number of hydrogen-bond donors (Lipinski definition) is 2. The largest absolute Gasteiger partial charge is 0.508 e. The first-order valence-electron chi connectivity index (χ1n) is 6.88. The van der Waals surface area contributed by atoms with Gasteiger partial charge in [0.25, 0.3) is 0 Å². The van der Waals surface area contributed by atoms with E-state index in [9.17, 15) is 5.11 Å². The van der Waals surface area contributed by atoms with E-state index in [1.165, 1.54) is 0 Å². The lowest BCUT2D eigenvalue weighted by Crippen LogP contribution is -2.18. The molecule has 0 aromatic heterocycles. The molecule has 2 rings (SSSR count). The SMILES string of the molecule is COc1cc(Cl)c(C)cc1NC(C)Cc1ccc(O)cc1. The Hall–Kier alpha value is -1.87. The fourth-order valence-corrected chi connectivity index (χ4v) is 2.40. The van der Waals surface area contributed by atoms with Crippen molar-refractivity contribution in [2.24, 2.45) is 0 Å². The third-order valence-corrected chi connectivity index (χ3v) is 3.77. The van der Waals surface area contributed by atoms with Crippen LogP contribution in [0.15, 0.2) is 36.4 Å². The second kappa shape index (κ2) is 6.72. The van der Waals surface area contributed by atoms with Gasteiger partial charge in [-0.15, -0.1) is 0 Å². The molecule has 112 valence electrons. The number of ether oxygens (including phenoxy) is 1. The molecule has 0 spiro atoms. The van der Waals surface area contributed by atoms with Crippen LogP contribution in [0.4, 0.5) is 5.69 Å². The highest BCUT2D eigenvalue weighted by Crippen LogP contribution is 2.31. The van der Waals surface area contributed by atoms with Gasteiger partial charge in [-0.3, -0.25) is 0 Å². The zero-order chi connectivity index (χ0) is 15.4. The van der Waals surface area contributed by atoms with Crippen LogP contribution >= 0.6 is 11.6 Å². The Morgan fingerprint density at radius 3 is 2.52 bits per heavy atom. The molecule has 0 bridgehead atoms. The lowest BCUT2D eigenvalue weighted by atomic mass is 10.1. The average Bonchev–Trinajstić information content (AvgIpc) is 2.45. The van der Waals surface area contributed by atoms with Gasteiger partial charge in [-0.25, -0.2) is 0 Å². The van der Waals surface area contributed by atoms with E-state index in [2.05, 4.69) is 12.2 Å². The molecule has 0 aliphatic rings. The minimum Gasteiger partial charge on any atom is -0.508 e. The van der Waals surface area contributed by atoms with Crippen molar-refractivity contribution >= 4 is 17.3 Å². The number of halogens is 1. The lowest BCUT2D eigenvalue weighted by molar-refractivity contribution is 0.416. The van der Waals surface area contributed by atoms with E-state index < -0.39 is 0 Å². The van der Waals surface area contributed by atoms with Crippen molar-refractivity contribution in [2.45, 2.75) is 26.3 Å². The third-order valence-electron chi connectivity index (χ3n) is 3.36. The number of rotatable bonds is 5. The van der Waals surface area contributed by atoms with Crippen LogP contribution in [0.25, 0.3) is 0 Å². The Labute approximate surface area is 130 Å². The minimum atomic E-state index is 0.226. The fourth-order valence-electron chi connectivity index (χ4n) is 2.25. The maximum Gasteiger partial charge on any atom is 0.143 e. The van der Waals surface area contributed by atoms with Crippen molar-refractivity contribution < 1.29 is 9.84 Å². The van der Waals surface area contributed by atoms with Crippen LogP contribution in [0, 0.1) is 6.92 Å². The van der Waals surface area contributed by atoms with Crippen molar-refractivity contribution in [3.63, 3.8) is 0 Å². The van der Waals surface area contributed by atoms with E-state index in [1.54, 1.807) is 19.2 Å². The van der Waals surface area contributed by atoms with Crippen LogP contribution in [0.3, 0.4) is 0 Å². The summed E-state index contributed by atoms with van der Waals surface area (Å²) in [4.78, 5) is 0. The standard InChI is InChI=1S/C17H20ClNO2/c1-11-8-16(17(21-3)10-15(11)18)19-12(2)9-13-4-6-14(20)7-5-13/h4-8,10,12,19-20H,9H2,1-3H3. The molecule has 0 aliphatic carbocycles. The van der Waals surface area contributed by atoms with Crippen LogP contribution in [-0.4, -0.2) is 18.3 Å². The van der Waals surface area contributed by atoms with Crippen LogP contribution < -0.4 is 10.1 Å². The summed E-state index contributed by atoms with van der Waals surface area (Å²) >= 11 is 6.11. The minimum absolute atomic E-state index is 0.226. The molecule has 1 unspecified atom stereocenters. The molecule has 21 heavy (non-hydrogen) atoms. The zero-order valence-corrected chi connectivity index (χ0v) is 13.2. The lowest BCUT2D eigenvalue weighted by Gasteiger charge is -2.19. The molecule has 0 aliphatic heterocycles. The van der Waals surface area contributed by atoms with Crippen LogP contribution in [-0.2, 0) is 6.42 Å². The molecule has 1 atom stereocenters. The maximum atomic E-state index is 9.31. The zero-order valence-electron chi connectivity index (χ0n) is 12.5. The number of hydrogen-bond acceptors (Lipinski definition) is 3. The van der Waals surface area contributed by atoms with Crippen molar-refractivity contribution in [3.8, 4) is 11.5 Å². The van der Waals surface area contributed by atoms with Crippen LogP contribution in [0.1, 0.15) is 18.1 Å². The normalized spacial score (nSPS) is 12.0. The molecule has 3 nitrogen and oxygen atoms in total. The molecule has 0 radical (unpaired) electrons. The van der Waals surface area contributed by atoms with Crippen molar-refractivity contribution in [1.82, 2.24) is 0 Å². The molecule has 2 N–H and O–H groups in total. The first kappa shape index (κ1) is 15.5. The van der Waals surface area contributed by atoms with Gasteiger partial charge in [0.05, 0.1) is 12.8 Å². The summed E-state index contributed by atoms with van der Waals surface area (Å²) in [6.07, 6.45) is 0.852. The highest BCUT2D eigenvalue weighted by molar-refractivity contribution is 6.31. The summed E-state index contributed by atoms with van der Waals surface area (Å²) in [7, 11) is 1.64. The van der Waals surface area contributed by atoms with Gasteiger partial charge >= 0.3 is 0 Å². The van der Waals surface area contributed by atoms with Crippen molar-refractivity contribution in [2.75, 3.05) is 12.4 Å². The van der Waals surface area contributed by atoms with Gasteiger partial charge in [0.2, 0.25) is 0 Å². The van der Waals surface area contributed by atoms with E-state index in [0.717, 1.165) is 29.0 Å². The summed E-state index contributed by atoms with van der Waals surface area (Å²) in [5.74, 6) is 1.03. The molecule has 2 aromatic rings. The summed E-state index contributed by atoms with van der Waals surface area (Å²) in [6.45, 7) is 4.08. The summed E-state index contributed by atoms with van der Waals surface area (Å²) < 4.78 is 5.37. The molecule has 0 fully saturated rings. The molecule has 0 heterocycles. The smallest absolute Gasteiger partial charge is 0.143 e. The Bertz CT molecular complexity index is 611. The van der Waals surface area contributed by atoms with Gasteiger partial charge in [-0.2, -0.15) is 0 Å². The number of aryl methyl sites for hydroxylation is 1. The Morgan fingerprint density at radius 1 is 1.24 bits per heavy atom. The van der Waals surface area contributed by atoms with Gasteiger partial charge in [-0.05, 0) is 49.6 Å². The fraction of sp³-hybridized carbons (Fsp3) is 0.294. The van der Waals surface area contributed by atoms with Crippen molar-refractivity contribution in [1.29, 1.82) is 0 Å². The number of phenols is 1. The van der Waals surface area contributed by atoms with E-state index in [0.29, 0.717) is 5.02 Å². The van der Waals surface area contributed by atoms with Crippen LogP contribution in [0.2, 0.25) is 5.02 Å². The third kappa shape index (κ3) is 4.05. The molecule has 0 amide bonds. The molecule has 0 saturated carbocycles. The number of anilines is 1. The first-order chi connectivity index (χ1) is 9.99. The Morgan fingerprint density at radius 2 is 1.90 bits per heavy atom. The van der Waals surface area contributed by atoms with Gasteiger partial charge in [0.15, 0.2) is 0 Å². The average molecular weight is 306 g/mol. The monoisotopic (exact) mass is 305 g/mol. The molecule has 0 saturated heterocycles. The maximum absolute atomic E-state index is 9.31. The summed E-state index contributed by atoms with van der Waals surface area (Å²) in [6, 6.07) is 11.3. The predicted octanol–water partition coefficient (Wildman–Crippen LogP) is 4.41. The van der Waals surface area contributed by atoms with Crippen molar-refractivity contribution in [3.05, 3.63) is 52.5 Å². The van der Waals surface area contributed by atoms with E-state index in [4.69, 9.17) is 16.3 Å². The Balaban J connectivity index is 2.10. The van der Waals surface area contributed by atoms with Crippen LogP contribution in [0.5, 0.6) is 11.5 Å². The van der Waals surface area contributed by atoms with E-state index in [-0.39, 0.29) is 11.8 Å². The molecule has 4 heteroatoms. The van der Waals surface area contributed by atoms with E-state index >= 15 is 0 Å². The highest BCUT2D eigenvalue weighted by Gasteiger charge is 2.10. The summed E-state index contributed by atoms with van der Waals surface area (Å²) in [5.41, 5.74) is 3.11. The number of phenolic OH excluding ortho intramolecular Hbond substituents is 1. The number of benzene rings is 2. The Kier molecular flexibility index (Phi) is 4.97. The van der Waals surface area contributed by atoms with Gasteiger partial charge in [0.1, 0.15) is 11.5 Å². The predicted molar refractivity (Wildman–Crippen MR) is 87.6 cm³/mol. The topological polar surface area (TPSA) is 41.5 Å².